The standard InChI is InChI=1S/C13H18N4O/c1-9(13(18)15-6-5-14)10-3-4-12-11(7-10)16-8-17(12)2/h3-4,7-9H,5-6,14H2,1-2H3,(H,15,18). The zero-order valence-corrected chi connectivity index (χ0v) is 10.7. The van der Waals surface area contributed by atoms with Gasteiger partial charge in [0.05, 0.1) is 23.3 Å². The van der Waals surface area contributed by atoms with Crippen molar-refractivity contribution < 1.29 is 4.79 Å². The third-order valence-corrected chi connectivity index (χ3v) is 3.09. The molecule has 1 amide bonds. The minimum atomic E-state index is -0.192. The van der Waals surface area contributed by atoms with Crippen LogP contribution in [-0.2, 0) is 11.8 Å². The zero-order chi connectivity index (χ0) is 13.1. The Morgan fingerprint density at radius 3 is 3.06 bits per heavy atom. The molecule has 0 saturated carbocycles. The van der Waals surface area contributed by atoms with Gasteiger partial charge >= 0.3 is 0 Å². The molecule has 2 rings (SSSR count). The lowest BCUT2D eigenvalue weighted by atomic mass is 10.00. The Balaban J connectivity index is 2.22. The molecule has 0 radical (unpaired) electrons. The molecule has 0 saturated heterocycles. The number of hydrogen-bond acceptors (Lipinski definition) is 3. The molecule has 0 bridgehead atoms. The molecule has 1 aromatic heterocycles. The molecule has 18 heavy (non-hydrogen) atoms. The van der Waals surface area contributed by atoms with Crippen LogP contribution in [0, 0.1) is 0 Å². The van der Waals surface area contributed by atoms with Crippen molar-refractivity contribution in [3.05, 3.63) is 30.1 Å². The van der Waals surface area contributed by atoms with E-state index in [1.807, 2.05) is 36.7 Å². The summed E-state index contributed by atoms with van der Waals surface area (Å²) < 4.78 is 1.96. The van der Waals surface area contributed by atoms with Crippen molar-refractivity contribution in [2.75, 3.05) is 13.1 Å². The maximum atomic E-state index is 11.9. The summed E-state index contributed by atoms with van der Waals surface area (Å²) >= 11 is 0. The summed E-state index contributed by atoms with van der Waals surface area (Å²) in [5.74, 6) is -0.196. The van der Waals surface area contributed by atoms with Gasteiger partial charge in [0.15, 0.2) is 0 Å². The van der Waals surface area contributed by atoms with Crippen LogP contribution in [0.2, 0.25) is 0 Å². The van der Waals surface area contributed by atoms with E-state index in [1.54, 1.807) is 6.33 Å². The molecule has 96 valence electrons. The normalized spacial score (nSPS) is 12.6. The third-order valence-electron chi connectivity index (χ3n) is 3.09. The summed E-state index contributed by atoms with van der Waals surface area (Å²) in [6, 6.07) is 5.92. The first-order chi connectivity index (χ1) is 8.63. The molecule has 1 aromatic carbocycles. The van der Waals surface area contributed by atoms with Crippen LogP contribution in [0.5, 0.6) is 0 Å². The Morgan fingerprint density at radius 1 is 1.56 bits per heavy atom. The number of aryl methyl sites for hydroxylation is 1. The monoisotopic (exact) mass is 246 g/mol. The lowest BCUT2D eigenvalue weighted by Gasteiger charge is -2.12. The second kappa shape index (κ2) is 5.18. The van der Waals surface area contributed by atoms with Crippen molar-refractivity contribution in [3.63, 3.8) is 0 Å². The molecular weight excluding hydrogens is 228 g/mol. The molecule has 0 spiro atoms. The van der Waals surface area contributed by atoms with E-state index in [4.69, 9.17) is 5.73 Å². The molecule has 2 aromatic rings. The Labute approximate surface area is 106 Å². The smallest absolute Gasteiger partial charge is 0.227 e. The number of benzene rings is 1. The van der Waals surface area contributed by atoms with Gasteiger partial charge < -0.3 is 15.6 Å². The number of rotatable bonds is 4. The number of imidazole rings is 1. The van der Waals surface area contributed by atoms with Gasteiger partial charge in [-0.15, -0.1) is 0 Å². The number of hydrogen-bond donors (Lipinski definition) is 2. The maximum Gasteiger partial charge on any atom is 0.227 e. The second-order valence-corrected chi connectivity index (χ2v) is 4.41. The number of amides is 1. The molecule has 1 atom stereocenters. The minimum absolute atomic E-state index is 0.00395. The van der Waals surface area contributed by atoms with Crippen LogP contribution in [0.25, 0.3) is 11.0 Å². The molecule has 0 aliphatic carbocycles. The topological polar surface area (TPSA) is 72.9 Å². The second-order valence-electron chi connectivity index (χ2n) is 4.41. The predicted molar refractivity (Wildman–Crippen MR) is 71.2 cm³/mol. The van der Waals surface area contributed by atoms with Gasteiger partial charge in [0.2, 0.25) is 5.91 Å². The molecule has 5 heteroatoms. The summed E-state index contributed by atoms with van der Waals surface area (Å²) in [5.41, 5.74) is 8.31. The highest BCUT2D eigenvalue weighted by Gasteiger charge is 2.15. The number of nitrogens with two attached hydrogens (primary N) is 1. The van der Waals surface area contributed by atoms with Crippen molar-refractivity contribution in [2.24, 2.45) is 12.8 Å². The number of nitrogens with one attached hydrogen (secondary N) is 1. The fraction of sp³-hybridized carbons (Fsp3) is 0.385. The summed E-state index contributed by atoms with van der Waals surface area (Å²) in [4.78, 5) is 16.1. The van der Waals surface area contributed by atoms with Gasteiger partial charge in [0.25, 0.3) is 0 Å². The molecule has 3 N–H and O–H groups in total. The van der Waals surface area contributed by atoms with Crippen LogP contribution in [0.15, 0.2) is 24.5 Å². The number of fused-ring (bicyclic) bond motifs is 1. The highest BCUT2D eigenvalue weighted by molar-refractivity contribution is 5.85. The maximum absolute atomic E-state index is 11.9. The van der Waals surface area contributed by atoms with Crippen LogP contribution in [-0.4, -0.2) is 28.5 Å². The van der Waals surface area contributed by atoms with Gasteiger partial charge in [-0.05, 0) is 24.6 Å². The minimum Gasteiger partial charge on any atom is -0.354 e. The summed E-state index contributed by atoms with van der Waals surface area (Å²) in [6.07, 6.45) is 1.77. The predicted octanol–water partition coefficient (Wildman–Crippen LogP) is 0.752. The number of carbonyl (C=O) groups is 1. The van der Waals surface area contributed by atoms with Gasteiger partial charge in [-0.2, -0.15) is 0 Å². The lowest BCUT2D eigenvalue weighted by molar-refractivity contribution is -0.122. The van der Waals surface area contributed by atoms with E-state index in [-0.39, 0.29) is 11.8 Å². The Hall–Kier alpha value is -1.88. The molecule has 1 unspecified atom stereocenters. The van der Waals surface area contributed by atoms with E-state index in [0.717, 1.165) is 16.6 Å². The first-order valence-electron chi connectivity index (χ1n) is 6.02. The van der Waals surface area contributed by atoms with Gasteiger partial charge in [0.1, 0.15) is 0 Å². The van der Waals surface area contributed by atoms with E-state index in [9.17, 15) is 4.79 Å². The number of nitrogens with zero attached hydrogens (tertiary/aromatic N) is 2. The molecule has 0 fully saturated rings. The molecule has 1 heterocycles. The van der Waals surface area contributed by atoms with Gasteiger partial charge in [0, 0.05) is 20.1 Å². The van der Waals surface area contributed by atoms with Crippen LogP contribution < -0.4 is 11.1 Å². The summed E-state index contributed by atoms with van der Waals surface area (Å²) in [5, 5.41) is 2.79. The van der Waals surface area contributed by atoms with E-state index in [1.165, 1.54) is 0 Å². The first kappa shape index (κ1) is 12.6. The molecule has 0 aliphatic heterocycles. The van der Waals surface area contributed by atoms with Crippen LogP contribution in [0.4, 0.5) is 0 Å². The van der Waals surface area contributed by atoms with Crippen molar-refractivity contribution in [2.45, 2.75) is 12.8 Å². The molecule has 0 aliphatic rings. The fourth-order valence-electron chi connectivity index (χ4n) is 1.92. The van der Waals surface area contributed by atoms with Crippen LogP contribution in [0.1, 0.15) is 18.4 Å². The highest BCUT2D eigenvalue weighted by atomic mass is 16.1. The fourth-order valence-corrected chi connectivity index (χ4v) is 1.92. The van der Waals surface area contributed by atoms with Crippen molar-refractivity contribution in [3.8, 4) is 0 Å². The van der Waals surface area contributed by atoms with Gasteiger partial charge in [-0.25, -0.2) is 4.98 Å². The Bertz CT molecular complexity index is 561. The Morgan fingerprint density at radius 2 is 2.33 bits per heavy atom. The summed E-state index contributed by atoms with van der Waals surface area (Å²) in [7, 11) is 1.95. The van der Waals surface area contributed by atoms with Crippen molar-refractivity contribution in [1.82, 2.24) is 14.9 Å². The number of aromatic nitrogens is 2. The van der Waals surface area contributed by atoms with E-state index >= 15 is 0 Å². The highest BCUT2D eigenvalue weighted by Crippen LogP contribution is 2.20. The average Bonchev–Trinajstić information content (AvgIpc) is 2.76. The average molecular weight is 246 g/mol. The van der Waals surface area contributed by atoms with Crippen LogP contribution >= 0.6 is 0 Å². The number of carbonyl (C=O) groups excluding carboxylic acids is 1. The quantitative estimate of drug-likeness (QED) is 0.836. The third kappa shape index (κ3) is 2.36. The summed E-state index contributed by atoms with van der Waals surface area (Å²) in [6.45, 7) is 2.85. The van der Waals surface area contributed by atoms with E-state index < -0.39 is 0 Å². The lowest BCUT2D eigenvalue weighted by Crippen LogP contribution is -2.32. The van der Waals surface area contributed by atoms with Gasteiger partial charge in [-0.3, -0.25) is 4.79 Å². The van der Waals surface area contributed by atoms with Gasteiger partial charge in [-0.1, -0.05) is 6.07 Å². The Kier molecular flexibility index (Phi) is 3.62. The molecular formula is C13H18N4O. The SMILES string of the molecule is CC(C(=O)NCCN)c1ccc2c(c1)ncn2C. The zero-order valence-electron chi connectivity index (χ0n) is 10.7. The van der Waals surface area contributed by atoms with Crippen LogP contribution in [0.3, 0.4) is 0 Å². The van der Waals surface area contributed by atoms with E-state index in [2.05, 4.69) is 10.3 Å². The van der Waals surface area contributed by atoms with Crippen molar-refractivity contribution >= 4 is 16.9 Å². The van der Waals surface area contributed by atoms with Crippen molar-refractivity contribution in [1.29, 1.82) is 0 Å². The first-order valence-corrected chi connectivity index (χ1v) is 6.02. The molecule has 5 nitrogen and oxygen atoms in total. The van der Waals surface area contributed by atoms with E-state index in [0.29, 0.717) is 13.1 Å². The largest absolute Gasteiger partial charge is 0.354 e.